The van der Waals surface area contributed by atoms with Crippen molar-refractivity contribution in [3.8, 4) is 0 Å². The van der Waals surface area contributed by atoms with E-state index in [1.54, 1.807) is 24.3 Å². The molecule has 4 rings (SSSR count). The van der Waals surface area contributed by atoms with Gasteiger partial charge >= 0.3 is 0 Å². The number of aliphatic hydroxyl groups is 13. The van der Waals surface area contributed by atoms with Crippen LogP contribution in [0.15, 0.2) is 48.6 Å². The van der Waals surface area contributed by atoms with Crippen LogP contribution in [0, 0.1) is 23.7 Å². The molecule has 0 fully saturated rings. The van der Waals surface area contributed by atoms with Crippen molar-refractivity contribution < 1.29 is 314 Å². The molecule has 0 aromatic heterocycles. The standard InChI is InChI=1S/2C7H11BO3.C7H12O4.C7H10O4.4V.8W/c2*8-5-2-1-4(3-9)6(10)7(5)11;2*8-3-4-1-2-5(9)7(11)6(4)10;;;;;;;;;;;;/h2*1-2,4-7,9-11H,3H2;1-2,4-11H,3H2;1-2,4,6-8,10-11H,3H2;;;;;;;;;;;;/t4?,5-,6-,7+;;4-,5+,6-,7+;;;;;;;;;;;;;/m1.1............./s1. The van der Waals surface area contributed by atoms with Crippen LogP contribution >= 0.6 is 0 Å². The fraction of sp³-hybridized carbons (Fsp3) is 0.679. The summed E-state index contributed by atoms with van der Waals surface area (Å²) in [5.41, 5.74) is 0. The molecule has 0 bridgehead atoms. The molecule has 8 radical (unpaired) electrons. The molecule has 8 unspecified atom stereocenters. The monoisotopic (exact) mass is 2300 g/mol. The number of aliphatic hydroxyl groups excluding tert-OH is 13. The summed E-state index contributed by atoms with van der Waals surface area (Å²) in [5.74, 6) is -3.31. The molecule has 4 aliphatic carbocycles. The molecule has 0 heterocycles. The van der Waals surface area contributed by atoms with E-state index in [0.29, 0.717) is 0 Å². The summed E-state index contributed by atoms with van der Waals surface area (Å²) in [6.45, 7) is -0.813. The molecule has 13 N–H and O–H groups in total. The summed E-state index contributed by atoms with van der Waals surface area (Å²) < 4.78 is 0. The third-order valence-corrected chi connectivity index (χ3v) is 7.63. The van der Waals surface area contributed by atoms with Crippen LogP contribution in [0.25, 0.3) is 0 Å². The molecule has 28 heteroatoms. The second-order valence-electron chi connectivity index (χ2n) is 10.8. The van der Waals surface area contributed by atoms with Crippen molar-refractivity contribution in [1.29, 1.82) is 0 Å². The molecule has 0 aliphatic heterocycles. The zero-order valence-electron chi connectivity index (χ0n) is 29.0. The van der Waals surface area contributed by atoms with Crippen LogP contribution in [0.4, 0.5) is 0 Å². The van der Waals surface area contributed by atoms with Crippen molar-refractivity contribution in [3.05, 3.63) is 48.6 Å². The van der Waals surface area contributed by atoms with Crippen LogP contribution in [0.3, 0.4) is 0 Å². The SMILES string of the molecule is O=C1C=CC(CO)C(O)C1O.OC[C@H]1C=C[C@H](O)[C@H](O)[C@@H]1O.[B]C1C=CC(CO)C(O)C1O.[B][C@@H]1C=CC(CO)[C@@H](O)[C@H]1O.[V].[V].[V].[V].[W].[W].[W].[W].[W].[W].[W].[W]. The number of ketones is 1. The Morgan fingerprint density at radius 2 is 0.661 bits per heavy atom. The summed E-state index contributed by atoms with van der Waals surface area (Å²) >= 11 is 0. The molecular formula is C28H44B2O14V4W8. The molecule has 0 spiro atoms. The number of hydrogen-bond donors (Lipinski definition) is 13. The topological polar surface area (TPSA) is 280 Å². The Hall–Kier alpha value is 6.08. The maximum atomic E-state index is 10.7. The van der Waals surface area contributed by atoms with Gasteiger partial charge in [-0.15, -0.1) is 0 Å². The molecule has 15 atom stereocenters. The van der Waals surface area contributed by atoms with Gasteiger partial charge in [0.05, 0.1) is 78.7 Å². The molecule has 4 aliphatic rings. The fourth-order valence-electron chi connectivity index (χ4n) is 4.41. The van der Waals surface area contributed by atoms with Crippen LogP contribution in [0.2, 0.25) is 11.6 Å². The average molecular weight is 2300 g/mol. The minimum absolute atomic E-state index is 0. The van der Waals surface area contributed by atoms with Gasteiger partial charge in [-0.1, -0.05) is 42.5 Å². The van der Waals surface area contributed by atoms with Gasteiger partial charge < -0.3 is 66.4 Å². The van der Waals surface area contributed by atoms with E-state index in [1.165, 1.54) is 24.3 Å². The van der Waals surface area contributed by atoms with Crippen LogP contribution in [0.1, 0.15) is 0 Å². The Labute approximate surface area is 493 Å². The first-order valence-corrected chi connectivity index (χ1v) is 14.0. The van der Waals surface area contributed by atoms with Crippen LogP contribution in [-0.2, 0) is 248 Å². The fourth-order valence-corrected chi connectivity index (χ4v) is 4.41. The van der Waals surface area contributed by atoms with E-state index in [2.05, 4.69) is 0 Å². The van der Waals surface area contributed by atoms with Gasteiger partial charge in [-0.3, -0.25) is 4.79 Å². The first kappa shape index (κ1) is 92.3. The van der Waals surface area contributed by atoms with E-state index in [1.807, 2.05) is 0 Å². The van der Waals surface area contributed by atoms with Crippen molar-refractivity contribution in [3.63, 3.8) is 0 Å². The molecule has 0 saturated carbocycles. The van der Waals surface area contributed by atoms with Gasteiger partial charge in [-0.2, -0.15) is 0 Å². The summed E-state index contributed by atoms with van der Waals surface area (Å²) in [6.07, 6.45) is 2.27. The van der Waals surface area contributed by atoms with Crippen LogP contribution in [0.5, 0.6) is 0 Å². The quantitative estimate of drug-likeness (QED) is 0.0925. The van der Waals surface area contributed by atoms with E-state index >= 15 is 0 Å². The van der Waals surface area contributed by atoms with Crippen molar-refractivity contribution >= 4 is 21.5 Å². The van der Waals surface area contributed by atoms with Crippen molar-refractivity contribution in [2.45, 2.75) is 66.6 Å². The van der Waals surface area contributed by atoms with E-state index in [4.69, 9.17) is 56.5 Å². The molecule has 0 aromatic rings. The van der Waals surface area contributed by atoms with E-state index in [9.17, 15) is 30.3 Å². The Kier molecular flexibility index (Phi) is 83.3. The molecule has 0 amide bonds. The van der Waals surface area contributed by atoms with Crippen molar-refractivity contribution in [2.24, 2.45) is 23.7 Å². The second-order valence-corrected chi connectivity index (χ2v) is 10.8. The third kappa shape index (κ3) is 31.1. The molecule has 0 aromatic carbocycles. The predicted molar refractivity (Wildman–Crippen MR) is 157 cm³/mol. The zero-order chi connectivity index (χ0) is 33.7. The normalized spacial score (nSPS) is 33.5. The Morgan fingerprint density at radius 1 is 0.393 bits per heavy atom. The average Bonchev–Trinajstić information content (AvgIpc) is 3.02. The molecule has 0 saturated heterocycles. The molecule has 314 valence electrons. The summed E-state index contributed by atoms with van der Waals surface area (Å²) in [6, 6.07) is 0. The van der Waals surface area contributed by atoms with Gasteiger partial charge in [0.25, 0.3) is 0 Å². The van der Waals surface area contributed by atoms with E-state index in [-0.39, 0.29) is 281 Å². The number of carbonyl (C=O) groups is 1. The Balaban J connectivity index is -0.0000000430. The minimum atomic E-state index is -1.38. The third-order valence-electron chi connectivity index (χ3n) is 7.63. The molecule has 14 nitrogen and oxygen atoms in total. The number of hydrogen-bond acceptors (Lipinski definition) is 14. The Bertz CT molecular complexity index is 932. The maximum absolute atomic E-state index is 10.7. The smallest absolute Gasteiger partial charge is 0.186 e. The first-order chi connectivity index (χ1) is 20.7. The predicted octanol–water partition coefficient (Wildman–Crippen LogP) is -5.64. The van der Waals surface area contributed by atoms with Crippen molar-refractivity contribution in [1.82, 2.24) is 0 Å². The van der Waals surface area contributed by atoms with Gasteiger partial charge in [0.15, 0.2) is 5.78 Å². The maximum Gasteiger partial charge on any atom is 0.186 e. The van der Waals surface area contributed by atoms with Crippen LogP contribution in [-0.4, -0.2) is 169 Å². The second kappa shape index (κ2) is 50.5. The summed E-state index contributed by atoms with van der Waals surface area (Å²) in [5, 5.41) is 117. The minimum Gasteiger partial charge on any atom is -0.396 e. The van der Waals surface area contributed by atoms with Gasteiger partial charge in [0.1, 0.15) is 18.3 Å². The molecular weight excluding hydrogens is 2260 g/mol. The van der Waals surface area contributed by atoms with Gasteiger partial charge in [0, 0.05) is 266 Å². The zero-order valence-corrected chi connectivity index (χ0v) is 58.1. The molecule has 56 heavy (non-hydrogen) atoms. The number of rotatable bonds is 4. The summed E-state index contributed by atoms with van der Waals surface area (Å²) in [4.78, 5) is 10.7. The van der Waals surface area contributed by atoms with E-state index < -0.39 is 84.2 Å². The summed E-state index contributed by atoms with van der Waals surface area (Å²) in [7, 11) is 10.8. The van der Waals surface area contributed by atoms with Gasteiger partial charge in [-0.25, -0.2) is 0 Å². The first-order valence-electron chi connectivity index (χ1n) is 14.0. The van der Waals surface area contributed by atoms with Gasteiger partial charge in [0.2, 0.25) is 0 Å². The largest absolute Gasteiger partial charge is 0.396 e. The Morgan fingerprint density at radius 3 is 0.964 bits per heavy atom. The van der Waals surface area contributed by atoms with E-state index in [0.717, 1.165) is 0 Å². The van der Waals surface area contributed by atoms with Crippen LogP contribution < -0.4 is 0 Å². The van der Waals surface area contributed by atoms with Gasteiger partial charge in [-0.05, 0) is 17.7 Å². The number of carbonyl (C=O) groups excluding carboxylic acids is 1. The van der Waals surface area contributed by atoms with Crippen molar-refractivity contribution in [2.75, 3.05) is 26.4 Å².